The van der Waals surface area contributed by atoms with E-state index in [9.17, 15) is 14.7 Å². The highest BCUT2D eigenvalue weighted by molar-refractivity contribution is 6.03. The van der Waals surface area contributed by atoms with Gasteiger partial charge in [0, 0.05) is 0 Å². The average Bonchev–Trinajstić information content (AvgIpc) is 2.47. The summed E-state index contributed by atoms with van der Waals surface area (Å²) in [6.45, 7) is -0.301. The molecule has 0 radical (unpaired) electrons. The molecule has 0 aliphatic heterocycles. The van der Waals surface area contributed by atoms with Gasteiger partial charge in [-0.2, -0.15) is 0 Å². The van der Waals surface area contributed by atoms with Gasteiger partial charge in [0.05, 0.1) is 11.3 Å². The minimum absolute atomic E-state index is 0.0529. The molecular formula is C15H14N2O4. The van der Waals surface area contributed by atoms with Crippen molar-refractivity contribution in [1.82, 2.24) is 0 Å². The second-order valence-corrected chi connectivity index (χ2v) is 4.21. The van der Waals surface area contributed by atoms with E-state index in [1.54, 1.807) is 36.4 Å². The van der Waals surface area contributed by atoms with E-state index in [4.69, 9.17) is 10.5 Å². The molecule has 4 N–H and O–H groups in total. The highest BCUT2D eigenvalue weighted by Crippen LogP contribution is 2.24. The van der Waals surface area contributed by atoms with E-state index in [-0.39, 0.29) is 23.7 Å². The molecule has 0 aliphatic rings. The van der Waals surface area contributed by atoms with E-state index in [1.807, 2.05) is 0 Å². The van der Waals surface area contributed by atoms with Crippen LogP contribution in [-0.2, 0) is 4.79 Å². The Balaban J connectivity index is 2.00. The van der Waals surface area contributed by atoms with Crippen LogP contribution in [0.15, 0.2) is 48.5 Å². The molecule has 0 saturated carbocycles. The van der Waals surface area contributed by atoms with Crippen molar-refractivity contribution in [2.75, 3.05) is 11.9 Å². The zero-order valence-electron chi connectivity index (χ0n) is 11.1. The maximum Gasteiger partial charge on any atom is 0.262 e. The lowest BCUT2D eigenvalue weighted by atomic mass is 10.1. The molecular weight excluding hydrogens is 272 g/mol. The van der Waals surface area contributed by atoms with Crippen LogP contribution in [0.5, 0.6) is 11.5 Å². The number of phenols is 1. The number of aromatic hydroxyl groups is 1. The van der Waals surface area contributed by atoms with Gasteiger partial charge in [-0.1, -0.05) is 24.3 Å². The average molecular weight is 286 g/mol. The maximum absolute atomic E-state index is 11.8. The van der Waals surface area contributed by atoms with E-state index in [0.29, 0.717) is 5.69 Å². The second kappa shape index (κ2) is 6.42. The van der Waals surface area contributed by atoms with Crippen LogP contribution in [0.3, 0.4) is 0 Å². The lowest BCUT2D eigenvalue weighted by Gasteiger charge is -2.10. The Kier molecular flexibility index (Phi) is 4.40. The first kappa shape index (κ1) is 14.4. The molecule has 0 fully saturated rings. The summed E-state index contributed by atoms with van der Waals surface area (Å²) in [5, 5.41) is 12.0. The van der Waals surface area contributed by atoms with Gasteiger partial charge in [0.15, 0.2) is 18.1 Å². The fourth-order valence-corrected chi connectivity index (χ4v) is 1.72. The Hall–Kier alpha value is -3.02. The Labute approximate surface area is 121 Å². The number of ether oxygens (including phenoxy) is 1. The molecule has 2 amide bonds. The molecule has 2 aromatic carbocycles. The predicted molar refractivity (Wildman–Crippen MR) is 77.2 cm³/mol. The third-order valence-electron chi connectivity index (χ3n) is 2.69. The van der Waals surface area contributed by atoms with Crippen LogP contribution in [0.4, 0.5) is 5.69 Å². The van der Waals surface area contributed by atoms with Crippen molar-refractivity contribution in [2.24, 2.45) is 5.73 Å². The summed E-state index contributed by atoms with van der Waals surface area (Å²) in [6, 6.07) is 12.7. The van der Waals surface area contributed by atoms with Crippen LogP contribution in [0, 0.1) is 0 Å². The zero-order valence-corrected chi connectivity index (χ0v) is 11.1. The van der Waals surface area contributed by atoms with Crippen molar-refractivity contribution in [2.45, 2.75) is 0 Å². The molecule has 0 unspecified atom stereocenters. The van der Waals surface area contributed by atoms with Crippen molar-refractivity contribution < 1.29 is 19.4 Å². The molecule has 108 valence electrons. The fraction of sp³-hybridized carbons (Fsp3) is 0.0667. The smallest absolute Gasteiger partial charge is 0.262 e. The van der Waals surface area contributed by atoms with Gasteiger partial charge in [-0.25, -0.2) is 0 Å². The number of carbonyl (C=O) groups is 2. The molecule has 2 rings (SSSR count). The van der Waals surface area contributed by atoms with E-state index in [2.05, 4.69) is 5.32 Å². The molecule has 2 aromatic rings. The van der Waals surface area contributed by atoms with Crippen molar-refractivity contribution in [3.05, 3.63) is 54.1 Å². The summed E-state index contributed by atoms with van der Waals surface area (Å²) >= 11 is 0. The fourth-order valence-electron chi connectivity index (χ4n) is 1.72. The number of rotatable bonds is 5. The number of amides is 2. The first-order valence-electron chi connectivity index (χ1n) is 6.17. The topological polar surface area (TPSA) is 102 Å². The summed E-state index contributed by atoms with van der Waals surface area (Å²) in [5.74, 6) is -0.946. The van der Waals surface area contributed by atoms with E-state index in [1.165, 1.54) is 12.1 Å². The summed E-state index contributed by atoms with van der Waals surface area (Å²) in [6.07, 6.45) is 0. The third kappa shape index (κ3) is 3.73. The summed E-state index contributed by atoms with van der Waals surface area (Å²) in [5.41, 5.74) is 5.75. The number of carbonyl (C=O) groups excluding carboxylic acids is 2. The van der Waals surface area contributed by atoms with Crippen molar-refractivity contribution in [1.29, 1.82) is 0 Å². The number of para-hydroxylation sites is 3. The maximum atomic E-state index is 11.8. The number of nitrogens with two attached hydrogens (primary N) is 1. The minimum atomic E-state index is -0.632. The molecule has 0 aromatic heterocycles. The molecule has 0 heterocycles. The van der Waals surface area contributed by atoms with Crippen molar-refractivity contribution >= 4 is 17.5 Å². The second-order valence-electron chi connectivity index (χ2n) is 4.21. The van der Waals surface area contributed by atoms with Gasteiger partial charge in [0.2, 0.25) is 0 Å². The number of hydrogen-bond donors (Lipinski definition) is 3. The summed E-state index contributed by atoms with van der Waals surface area (Å²) < 4.78 is 5.19. The molecule has 6 heteroatoms. The number of anilines is 1. The summed E-state index contributed by atoms with van der Waals surface area (Å²) in [4.78, 5) is 23.0. The molecule has 0 atom stereocenters. The molecule has 0 aliphatic carbocycles. The minimum Gasteiger partial charge on any atom is -0.504 e. The Morgan fingerprint density at radius 2 is 1.76 bits per heavy atom. The van der Waals surface area contributed by atoms with Crippen molar-refractivity contribution in [3.8, 4) is 11.5 Å². The molecule has 0 spiro atoms. The molecule has 0 saturated heterocycles. The largest absolute Gasteiger partial charge is 0.504 e. The monoisotopic (exact) mass is 286 g/mol. The Bertz CT molecular complexity index is 670. The molecule has 6 nitrogen and oxygen atoms in total. The quantitative estimate of drug-likeness (QED) is 0.775. The molecule has 21 heavy (non-hydrogen) atoms. The number of hydrogen-bond acceptors (Lipinski definition) is 4. The summed E-state index contributed by atoms with van der Waals surface area (Å²) in [7, 11) is 0. The van der Waals surface area contributed by atoms with Gasteiger partial charge in [-0.05, 0) is 24.3 Å². The van der Waals surface area contributed by atoms with Crippen LogP contribution < -0.4 is 15.8 Å². The van der Waals surface area contributed by atoms with Crippen LogP contribution in [0.1, 0.15) is 10.4 Å². The van der Waals surface area contributed by atoms with E-state index in [0.717, 1.165) is 0 Å². The normalized spacial score (nSPS) is 9.90. The van der Waals surface area contributed by atoms with E-state index >= 15 is 0 Å². The van der Waals surface area contributed by atoms with Crippen LogP contribution in [0.25, 0.3) is 0 Å². The Morgan fingerprint density at radius 1 is 1.10 bits per heavy atom. The van der Waals surface area contributed by atoms with Crippen LogP contribution in [-0.4, -0.2) is 23.5 Å². The third-order valence-corrected chi connectivity index (χ3v) is 2.69. The van der Waals surface area contributed by atoms with Gasteiger partial charge in [-0.15, -0.1) is 0 Å². The lowest BCUT2D eigenvalue weighted by Crippen LogP contribution is -2.22. The lowest BCUT2D eigenvalue weighted by molar-refractivity contribution is -0.118. The highest BCUT2D eigenvalue weighted by Gasteiger charge is 2.11. The van der Waals surface area contributed by atoms with Gasteiger partial charge in [-0.3, -0.25) is 9.59 Å². The van der Waals surface area contributed by atoms with E-state index < -0.39 is 11.8 Å². The number of benzene rings is 2. The number of nitrogens with one attached hydrogen (secondary N) is 1. The number of phenolic OH excluding ortho intramolecular Hbond substituents is 1. The van der Waals surface area contributed by atoms with Gasteiger partial charge >= 0.3 is 0 Å². The van der Waals surface area contributed by atoms with Crippen molar-refractivity contribution in [3.63, 3.8) is 0 Å². The first-order chi connectivity index (χ1) is 10.1. The predicted octanol–water partition coefficient (Wildman–Crippen LogP) is 1.51. The SMILES string of the molecule is NC(=O)c1ccccc1NC(=O)COc1ccccc1O. The highest BCUT2D eigenvalue weighted by atomic mass is 16.5. The zero-order chi connectivity index (χ0) is 15.2. The van der Waals surface area contributed by atoms with Crippen LogP contribution >= 0.6 is 0 Å². The van der Waals surface area contributed by atoms with Gasteiger partial charge in [0.25, 0.3) is 11.8 Å². The molecule has 0 bridgehead atoms. The van der Waals surface area contributed by atoms with Crippen LogP contribution in [0.2, 0.25) is 0 Å². The Morgan fingerprint density at radius 3 is 2.48 bits per heavy atom. The van der Waals surface area contributed by atoms with Gasteiger partial charge in [0.1, 0.15) is 0 Å². The van der Waals surface area contributed by atoms with Gasteiger partial charge < -0.3 is 20.9 Å². The first-order valence-corrected chi connectivity index (χ1v) is 6.17. The standard InChI is InChI=1S/C15H14N2O4/c16-15(20)10-5-1-2-6-11(10)17-14(19)9-21-13-8-4-3-7-12(13)18/h1-8,18H,9H2,(H2,16,20)(H,17,19). The number of primary amides is 1.